The maximum Gasteiger partial charge on any atom is 0.0628 e. The molecule has 0 atom stereocenters. The number of fused-ring (bicyclic) bond motifs is 1. The van der Waals surface area contributed by atoms with Crippen LogP contribution in [0, 0.1) is 6.20 Å². The van der Waals surface area contributed by atoms with E-state index in [9.17, 15) is 0 Å². The topological polar surface area (TPSA) is 15.8 Å². The number of hydrogen-bond acceptors (Lipinski definition) is 0. The lowest BCUT2D eigenvalue weighted by molar-refractivity contribution is 0.944. The molecule has 0 bridgehead atoms. The number of aromatic nitrogens is 1. The molecule has 0 unspecified atom stereocenters. The van der Waals surface area contributed by atoms with Crippen LogP contribution < -0.4 is 0 Å². The fourth-order valence-electron chi connectivity index (χ4n) is 1.15. The molecule has 1 N–H and O–H groups in total. The summed E-state index contributed by atoms with van der Waals surface area (Å²) in [5.74, 6) is 0. The highest BCUT2D eigenvalue weighted by Crippen LogP contribution is 2.15. The highest BCUT2D eigenvalue weighted by Gasteiger charge is 2.02. The number of allylic oxidation sites excluding steroid dienone is 1. The second-order valence-electron chi connectivity index (χ2n) is 2.29. The van der Waals surface area contributed by atoms with Crippen LogP contribution in [0.2, 0.25) is 0 Å². The zero-order chi connectivity index (χ0) is 6.10. The van der Waals surface area contributed by atoms with Gasteiger partial charge in [0.05, 0.1) is 6.20 Å². The number of aromatic amines is 1. The predicted molar refractivity (Wildman–Crippen MR) is 37.0 cm³/mol. The quantitative estimate of drug-likeness (QED) is 0.534. The lowest BCUT2D eigenvalue weighted by Crippen LogP contribution is -1.90. The van der Waals surface area contributed by atoms with Crippen LogP contribution in [0.5, 0.6) is 0 Å². The van der Waals surface area contributed by atoms with Crippen molar-refractivity contribution in [3.8, 4) is 0 Å². The van der Waals surface area contributed by atoms with Gasteiger partial charge in [-0.3, -0.25) is 0 Å². The van der Waals surface area contributed by atoms with E-state index in [0.717, 1.165) is 6.42 Å². The molecule has 1 aromatic heterocycles. The highest BCUT2D eigenvalue weighted by molar-refractivity contribution is 5.53. The molecule has 0 amide bonds. The Bertz CT molecular complexity index is 232. The van der Waals surface area contributed by atoms with Crippen LogP contribution in [-0.4, -0.2) is 4.98 Å². The Morgan fingerprint density at radius 1 is 1.56 bits per heavy atom. The molecule has 1 radical (unpaired) electrons. The number of rotatable bonds is 0. The Balaban J connectivity index is 2.53. The van der Waals surface area contributed by atoms with Crippen molar-refractivity contribution in [2.45, 2.75) is 12.8 Å². The summed E-state index contributed by atoms with van der Waals surface area (Å²) in [7, 11) is 0. The van der Waals surface area contributed by atoms with Crippen molar-refractivity contribution < 1.29 is 0 Å². The summed E-state index contributed by atoms with van der Waals surface area (Å²) in [6.07, 6.45) is 9.62. The van der Waals surface area contributed by atoms with Crippen molar-refractivity contribution in [1.82, 2.24) is 4.98 Å². The standard InChI is InChI=1S/C8H8N/c1-2-4-8-7(3-1)5-6-9-8/h1,3,5,9H,2,4H2. The molecule has 1 aliphatic carbocycles. The largest absolute Gasteiger partial charge is 0.357 e. The molecule has 1 aliphatic rings. The maximum absolute atomic E-state index is 3.08. The van der Waals surface area contributed by atoms with Crippen LogP contribution in [0.15, 0.2) is 12.1 Å². The molecule has 1 heteroatoms. The van der Waals surface area contributed by atoms with Gasteiger partial charge in [0, 0.05) is 5.69 Å². The molecular formula is C8H8N. The summed E-state index contributed by atoms with van der Waals surface area (Å²) in [6, 6.07) is 1.99. The Morgan fingerprint density at radius 2 is 2.56 bits per heavy atom. The van der Waals surface area contributed by atoms with Crippen molar-refractivity contribution >= 4 is 6.08 Å². The van der Waals surface area contributed by atoms with E-state index >= 15 is 0 Å². The van der Waals surface area contributed by atoms with Crippen molar-refractivity contribution in [2.24, 2.45) is 0 Å². The fraction of sp³-hybridized carbons (Fsp3) is 0.250. The van der Waals surface area contributed by atoms with Crippen LogP contribution in [0.1, 0.15) is 17.7 Å². The molecule has 0 saturated carbocycles. The molecular weight excluding hydrogens is 110 g/mol. The third kappa shape index (κ3) is 0.689. The summed E-state index contributed by atoms with van der Waals surface area (Å²) >= 11 is 0. The number of aryl methyl sites for hydroxylation is 1. The summed E-state index contributed by atoms with van der Waals surface area (Å²) < 4.78 is 0. The maximum atomic E-state index is 3.08. The van der Waals surface area contributed by atoms with Gasteiger partial charge in [0.2, 0.25) is 0 Å². The molecule has 2 rings (SSSR count). The van der Waals surface area contributed by atoms with Gasteiger partial charge >= 0.3 is 0 Å². The van der Waals surface area contributed by atoms with Gasteiger partial charge in [-0.05, 0) is 24.5 Å². The smallest absolute Gasteiger partial charge is 0.0628 e. The summed E-state index contributed by atoms with van der Waals surface area (Å²) in [6.45, 7) is 0. The van der Waals surface area contributed by atoms with E-state index in [1.807, 2.05) is 6.07 Å². The first-order chi connectivity index (χ1) is 4.47. The summed E-state index contributed by atoms with van der Waals surface area (Å²) in [4.78, 5) is 3.08. The molecule has 1 aromatic rings. The normalized spacial score (nSPS) is 15.6. The average Bonchev–Trinajstić information content (AvgIpc) is 2.33. The second kappa shape index (κ2) is 1.76. The average molecular weight is 118 g/mol. The van der Waals surface area contributed by atoms with Gasteiger partial charge in [-0.25, -0.2) is 0 Å². The van der Waals surface area contributed by atoms with Crippen molar-refractivity contribution in [3.05, 3.63) is 29.6 Å². The molecule has 0 saturated heterocycles. The molecule has 0 spiro atoms. The van der Waals surface area contributed by atoms with Gasteiger partial charge in [-0.2, -0.15) is 0 Å². The van der Waals surface area contributed by atoms with Crippen molar-refractivity contribution in [1.29, 1.82) is 0 Å². The molecule has 45 valence electrons. The van der Waals surface area contributed by atoms with E-state index in [1.54, 1.807) is 0 Å². The number of nitrogens with one attached hydrogen (secondary N) is 1. The monoisotopic (exact) mass is 118 g/mol. The van der Waals surface area contributed by atoms with E-state index < -0.39 is 0 Å². The highest BCUT2D eigenvalue weighted by atomic mass is 14.7. The van der Waals surface area contributed by atoms with Crippen LogP contribution in [0.3, 0.4) is 0 Å². The predicted octanol–water partition coefficient (Wildman–Crippen LogP) is 1.77. The number of hydrogen-bond donors (Lipinski definition) is 1. The molecule has 9 heavy (non-hydrogen) atoms. The fourth-order valence-corrected chi connectivity index (χ4v) is 1.15. The molecule has 0 aromatic carbocycles. The molecule has 0 aliphatic heterocycles. The first-order valence-corrected chi connectivity index (χ1v) is 3.21. The van der Waals surface area contributed by atoms with Gasteiger partial charge < -0.3 is 4.98 Å². The minimum absolute atomic E-state index is 1.15. The summed E-state index contributed by atoms with van der Waals surface area (Å²) in [5.41, 5.74) is 2.64. The van der Waals surface area contributed by atoms with E-state index in [1.165, 1.54) is 17.7 Å². The Hall–Kier alpha value is -0.980. The van der Waals surface area contributed by atoms with Crippen LogP contribution in [0.4, 0.5) is 0 Å². The zero-order valence-corrected chi connectivity index (χ0v) is 5.15. The van der Waals surface area contributed by atoms with Crippen molar-refractivity contribution in [2.75, 3.05) is 0 Å². The SMILES string of the molecule is [c]1cc2c([nH]1)CCC=C2. The lowest BCUT2D eigenvalue weighted by atomic mass is 10.1. The third-order valence-electron chi connectivity index (χ3n) is 1.66. The van der Waals surface area contributed by atoms with Gasteiger partial charge in [0.15, 0.2) is 0 Å². The van der Waals surface area contributed by atoms with E-state index in [2.05, 4.69) is 23.3 Å². The van der Waals surface area contributed by atoms with Gasteiger partial charge in [0.1, 0.15) is 0 Å². The van der Waals surface area contributed by atoms with Crippen LogP contribution in [0.25, 0.3) is 6.08 Å². The van der Waals surface area contributed by atoms with Gasteiger partial charge in [-0.15, -0.1) is 0 Å². The number of H-pyrrole nitrogens is 1. The Morgan fingerprint density at radius 3 is 3.44 bits per heavy atom. The van der Waals surface area contributed by atoms with Gasteiger partial charge in [0.25, 0.3) is 0 Å². The summed E-state index contributed by atoms with van der Waals surface area (Å²) in [5, 5.41) is 0. The van der Waals surface area contributed by atoms with Crippen molar-refractivity contribution in [3.63, 3.8) is 0 Å². The minimum atomic E-state index is 1.15. The van der Waals surface area contributed by atoms with Gasteiger partial charge in [-0.1, -0.05) is 12.2 Å². The second-order valence-corrected chi connectivity index (χ2v) is 2.29. The van der Waals surface area contributed by atoms with E-state index in [4.69, 9.17) is 0 Å². The Kier molecular flexibility index (Phi) is 0.950. The first kappa shape index (κ1) is 4.86. The zero-order valence-electron chi connectivity index (χ0n) is 5.15. The molecule has 1 nitrogen and oxygen atoms in total. The van der Waals surface area contributed by atoms with E-state index in [0.29, 0.717) is 0 Å². The first-order valence-electron chi connectivity index (χ1n) is 3.21. The minimum Gasteiger partial charge on any atom is -0.357 e. The van der Waals surface area contributed by atoms with E-state index in [-0.39, 0.29) is 0 Å². The molecule has 0 fully saturated rings. The van der Waals surface area contributed by atoms with Crippen LogP contribution >= 0.6 is 0 Å². The lowest BCUT2D eigenvalue weighted by Gasteiger charge is -2.01. The van der Waals surface area contributed by atoms with Crippen LogP contribution in [-0.2, 0) is 6.42 Å². The third-order valence-corrected chi connectivity index (χ3v) is 1.66. The Labute approximate surface area is 54.4 Å². The molecule has 1 heterocycles.